The van der Waals surface area contributed by atoms with Crippen LogP contribution in [0.15, 0.2) is 0 Å². The van der Waals surface area contributed by atoms with E-state index >= 15 is 0 Å². The first kappa shape index (κ1) is 9.03. The van der Waals surface area contributed by atoms with E-state index in [1.165, 1.54) is 6.92 Å². The molecule has 2 atom stereocenters. The molecular formula is C8H12O4. The number of esters is 2. The Kier molecular flexibility index (Phi) is 2.68. The number of rotatable bonds is 2. The molecule has 12 heavy (non-hydrogen) atoms. The molecule has 1 fully saturated rings. The van der Waals surface area contributed by atoms with Crippen LogP contribution in [0.4, 0.5) is 0 Å². The third-order valence-corrected chi connectivity index (χ3v) is 1.77. The van der Waals surface area contributed by atoms with Gasteiger partial charge in [0.25, 0.3) is 0 Å². The van der Waals surface area contributed by atoms with E-state index in [1.807, 2.05) is 0 Å². The molecule has 0 saturated carbocycles. The average Bonchev–Trinajstić information content (AvgIpc) is 2.28. The molecule has 1 heterocycles. The Balaban J connectivity index is 2.28. The number of hydrogen-bond donors (Lipinski definition) is 0. The molecule has 0 aromatic carbocycles. The number of carbonyl (C=O) groups is 2. The second kappa shape index (κ2) is 3.56. The Morgan fingerprint density at radius 3 is 2.83 bits per heavy atom. The summed E-state index contributed by atoms with van der Waals surface area (Å²) in [6, 6.07) is 0. The van der Waals surface area contributed by atoms with Gasteiger partial charge in [0, 0.05) is 13.3 Å². The summed E-state index contributed by atoms with van der Waals surface area (Å²) in [6.07, 6.45) is 0.406. The third-order valence-electron chi connectivity index (χ3n) is 1.77. The SMILES string of the molecule is CC(=O)OC[C@@H]1C[C@H](C)C(=O)O1. The van der Waals surface area contributed by atoms with Gasteiger partial charge in [0.1, 0.15) is 12.7 Å². The van der Waals surface area contributed by atoms with Crippen molar-refractivity contribution in [2.75, 3.05) is 6.61 Å². The van der Waals surface area contributed by atoms with Crippen LogP contribution in [0.5, 0.6) is 0 Å². The number of carbonyl (C=O) groups excluding carboxylic acids is 2. The predicted octanol–water partition coefficient (Wildman–Crippen LogP) is 0.501. The van der Waals surface area contributed by atoms with Gasteiger partial charge in [-0.1, -0.05) is 6.92 Å². The Hall–Kier alpha value is -1.06. The first-order valence-corrected chi connectivity index (χ1v) is 3.93. The molecule has 1 aliphatic rings. The maximum Gasteiger partial charge on any atom is 0.309 e. The van der Waals surface area contributed by atoms with Crippen molar-refractivity contribution in [3.63, 3.8) is 0 Å². The topological polar surface area (TPSA) is 52.6 Å². The summed E-state index contributed by atoms with van der Waals surface area (Å²) in [4.78, 5) is 21.3. The van der Waals surface area contributed by atoms with Crippen LogP contribution in [0, 0.1) is 5.92 Å². The first-order valence-electron chi connectivity index (χ1n) is 3.93. The summed E-state index contributed by atoms with van der Waals surface area (Å²) in [5, 5.41) is 0. The lowest BCUT2D eigenvalue weighted by molar-refractivity contribution is -0.152. The van der Waals surface area contributed by atoms with Crippen molar-refractivity contribution < 1.29 is 19.1 Å². The van der Waals surface area contributed by atoms with E-state index in [0.717, 1.165) is 0 Å². The molecule has 0 radical (unpaired) electrons. The standard InChI is InChI=1S/C8H12O4/c1-5-3-7(12-8(5)10)4-11-6(2)9/h5,7H,3-4H2,1-2H3/t5-,7-/m0/s1. The predicted molar refractivity (Wildman–Crippen MR) is 40.3 cm³/mol. The summed E-state index contributed by atoms with van der Waals surface area (Å²) in [6.45, 7) is 3.32. The molecule has 68 valence electrons. The molecule has 0 unspecified atom stereocenters. The zero-order valence-corrected chi connectivity index (χ0v) is 7.20. The lowest BCUT2D eigenvalue weighted by Gasteiger charge is -2.07. The van der Waals surface area contributed by atoms with Crippen LogP contribution >= 0.6 is 0 Å². The smallest absolute Gasteiger partial charge is 0.309 e. The van der Waals surface area contributed by atoms with Gasteiger partial charge in [0.05, 0.1) is 5.92 Å². The van der Waals surface area contributed by atoms with Crippen LogP contribution < -0.4 is 0 Å². The Bertz CT molecular complexity index is 199. The molecule has 0 aromatic heterocycles. The average molecular weight is 172 g/mol. The quantitative estimate of drug-likeness (QED) is 0.569. The van der Waals surface area contributed by atoms with E-state index in [4.69, 9.17) is 9.47 Å². The van der Waals surface area contributed by atoms with Gasteiger partial charge >= 0.3 is 11.9 Å². The van der Waals surface area contributed by atoms with Crippen LogP contribution in [-0.2, 0) is 19.1 Å². The van der Waals surface area contributed by atoms with Gasteiger partial charge in [-0.15, -0.1) is 0 Å². The van der Waals surface area contributed by atoms with Crippen molar-refractivity contribution in [1.82, 2.24) is 0 Å². The molecule has 1 aliphatic heterocycles. The van der Waals surface area contributed by atoms with Crippen LogP contribution in [0.3, 0.4) is 0 Å². The maximum atomic E-state index is 10.9. The molecule has 1 rings (SSSR count). The normalized spacial score (nSPS) is 28.3. The van der Waals surface area contributed by atoms with Crippen molar-refractivity contribution >= 4 is 11.9 Å². The fourth-order valence-electron chi connectivity index (χ4n) is 1.13. The van der Waals surface area contributed by atoms with Crippen LogP contribution in [-0.4, -0.2) is 24.6 Å². The Morgan fingerprint density at radius 1 is 1.75 bits per heavy atom. The summed E-state index contributed by atoms with van der Waals surface area (Å²) in [5.41, 5.74) is 0. The van der Waals surface area contributed by atoms with Crippen molar-refractivity contribution in [1.29, 1.82) is 0 Å². The maximum absolute atomic E-state index is 10.9. The van der Waals surface area contributed by atoms with E-state index in [1.54, 1.807) is 6.92 Å². The van der Waals surface area contributed by atoms with Gasteiger partial charge in [-0.25, -0.2) is 0 Å². The minimum absolute atomic E-state index is 0.0643. The number of hydrogen-bond acceptors (Lipinski definition) is 4. The zero-order valence-electron chi connectivity index (χ0n) is 7.20. The molecule has 4 heteroatoms. The largest absolute Gasteiger partial charge is 0.462 e. The molecule has 0 spiro atoms. The van der Waals surface area contributed by atoms with E-state index in [0.29, 0.717) is 6.42 Å². The Morgan fingerprint density at radius 2 is 2.42 bits per heavy atom. The lowest BCUT2D eigenvalue weighted by Crippen LogP contribution is -2.16. The highest BCUT2D eigenvalue weighted by atomic mass is 16.6. The van der Waals surface area contributed by atoms with Crippen molar-refractivity contribution in [3.05, 3.63) is 0 Å². The van der Waals surface area contributed by atoms with Crippen LogP contribution in [0.1, 0.15) is 20.3 Å². The first-order chi connectivity index (χ1) is 5.59. The van der Waals surface area contributed by atoms with E-state index in [-0.39, 0.29) is 30.6 Å². The molecule has 0 bridgehead atoms. The fourth-order valence-corrected chi connectivity index (χ4v) is 1.13. The minimum Gasteiger partial charge on any atom is -0.462 e. The fraction of sp³-hybridized carbons (Fsp3) is 0.750. The van der Waals surface area contributed by atoms with Crippen molar-refractivity contribution in [3.8, 4) is 0 Å². The van der Waals surface area contributed by atoms with E-state index < -0.39 is 0 Å². The molecule has 0 N–H and O–H groups in total. The summed E-state index contributed by atoms with van der Waals surface area (Å²) >= 11 is 0. The minimum atomic E-state index is -0.342. The third kappa shape index (κ3) is 2.22. The summed E-state index contributed by atoms with van der Waals surface area (Å²) in [7, 11) is 0. The molecule has 0 amide bonds. The Labute approximate surface area is 70.8 Å². The molecule has 0 aliphatic carbocycles. The van der Waals surface area contributed by atoms with Gasteiger partial charge in [-0.05, 0) is 0 Å². The van der Waals surface area contributed by atoms with Gasteiger partial charge in [-0.3, -0.25) is 9.59 Å². The molecule has 0 aromatic rings. The number of cyclic esters (lactones) is 1. The summed E-state index contributed by atoms with van der Waals surface area (Å²) in [5.74, 6) is -0.608. The van der Waals surface area contributed by atoms with Crippen LogP contribution in [0.2, 0.25) is 0 Å². The highest BCUT2D eigenvalue weighted by molar-refractivity contribution is 5.74. The van der Waals surface area contributed by atoms with E-state index in [2.05, 4.69) is 0 Å². The van der Waals surface area contributed by atoms with Gasteiger partial charge in [0.15, 0.2) is 0 Å². The highest BCUT2D eigenvalue weighted by Gasteiger charge is 2.31. The summed E-state index contributed by atoms with van der Waals surface area (Å²) < 4.78 is 9.61. The van der Waals surface area contributed by atoms with Crippen molar-refractivity contribution in [2.45, 2.75) is 26.4 Å². The lowest BCUT2D eigenvalue weighted by atomic mass is 10.1. The number of ether oxygens (including phenoxy) is 2. The molecule has 4 nitrogen and oxygen atoms in total. The molecular weight excluding hydrogens is 160 g/mol. The second-order valence-corrected chi connectivity index (χ2v) is 3.00. The molecule has 1 saturated heterocycles. The van der Waals surface area contributed by atoms with Gasteiger partial charge < -0.3 is 9.47 Å². The second-order valence-electron chi connectivity index (χ2n) is 3.00. The van der Waals surface area contributed by atoms with Crippen molar-refractivity contribution in [2.24, 2.45) is 5.92 Å². The van der Waals surface area contributed by atoms with E-state index in [9.17, 15) is 9.59 Å². The highest BCUT2D eigenvalue weighted by Crippen LogP contribution is 2.20. The monoisotopic (exact) mass is 172 g/mol. The zero-order chi connectivity index (χ0) is 9.14. The van der Waals surface area contributed by atoms with Gasteiger partial charge in [0.2, 0.25) is 0 Å². The van der Waals surface area contributed by atoms with Gasteiger partial charge in [-0.2, -0.15) is 0 Å². The van der Waals surface area contributed by atoms with Crippen LogP contribution in [0.25, 0.3) is 0 Å².